The lowest BCUT2D eigenvalue weighted by Gasteiger charge is -2.24. The van der Waals surface area contributed by atoms with Gasteiger partial charge in [0.05, 0.1) is 6.10 Å². The first-order chi connectivity index (χ1) is 12.4. The SMILES string of the molecule is CCCCCCCCc1cnc(CC(O)C(O)C(O)C(N)C(=O)O)nc1. The maximum Gasteiger partial charge on any atom is 0.323 e. The number of hydrogen-bond donors (Lipinski definition) is 5. The van der Waals surface area contributed by atoms with Gasteiger partial charge in [-0.2, -0.15) is 0 Å². The lowest BCUT2D eigenvalue weighted by molar-refractivity contribution is -0.145. The smallest absolute Gasteiger partial charge is 0.323 e. The summed E-state index contributed by atoms with van der Waals surface area (Å²) in [7, 11) is 0. The van der Waals surface area contributed by atoms with Gasteiger partial charge in [0.15, 0.2) is 0 Å². The number of aromatic nitrogens is 2. The Bertz CT molecular complexity index is 526. The van der Waals surface area contributed by atoms with E-state index in [2.05, 4.69) is 16.9 Å². The Labute approximate surface area is 154 Å². The average molecular weight is 369 g/mol. The van der Waals surface area contributed by atoms with Gasteiger partial charge < -0.3 is 26.2 Å². The molecule has 4 unspecified atom stereocenters. The van der Waals surface area contributed by atoms with Crippen LogP contribution in [-0.2, 0) is 17.6 Å². The van der Waals surface area contributed by atoms with Crippen molar-refractivity contribution in [1.82, 2.24) is 9.97 Å². The van der Waals surface area contributed by atoms with Crippen LogP contribution in [0, 0.1) is 0 Å². The van der Waals surface area contributed by atoms with E-state index in [1.165, 1.54) is 32.1 Å². The molecule has 0 saturated heterocycles. The van der Waals surface area contributed by atoms with Crippen LogP contribution in [0.3, 0.4) is 0 Å². The number of carbonyl (C=O) groups is 1. The van der Waals surface area contributed by atoms with Crippen LogP contribution in [0.5, 0.6) is 0 Å². The molecule has 1 aromatic heterocycles. The van der Waals surface area contributed by atoms with E-state index in [9.17, 15) is 20.1 Å². The molecule has 6 N–H and O–H groups in total. The molecule has 0 fully saturated rings. The van der Waals surface area contributed by atoms with E-state index >= 15 is 0 Å². The quantitative estimate of drug-likeness (QED) is 0.314. The Morgan fingerprint density at radius 1 is 1.04 bits per heavy atom. The van der Waals surface area contributed by atoms with Gasteiger partial charge in [-0.15, -0.1) is 0 Å². The number of nitrogens with two attached hydrogens (primary N) is 1. The molecular weight excluding hydrogens is 338 g/mol. The van der Waals surface area contributed by atoms with Gasteiger partial charge in [-0.25, -0.2) is 9.97 Å². The number of aliphatic carboxylic acids is 1. The third kappa shape index (κ3) is 7.74. The molecule has 0 aliphatic carbocycles. The van der Waals surface area contributed by atoms with Gasteiger partial charge in [0.1, 0.15) is 24.1 Å². The number of aryl methyl sites for hydroxylation is 1. The lowest BCUT2D eigenvalue weighted by Crippen LogP contribution is -2.52. The van der Waals surface area contributed by atoms with Crippen LogP contribution < -0.4 is 5.73 Å². The average Bonchev–Trinajstić information content (AvgIpc) is 2.63. The molecule has 0 aliphatic heterocycles. The summed E-state index contributed by atoms with van der Waals surface area (Å²) in [6.07, 6.45) is 6.52. The Kier molecular flexibility index (Phi) is 10.3. The third-order valence-electron chi connectivity index (χ3n) is 4.37. The van der Waals surface area contributed by atoms with Crippen LogP contribution in [-0.4, -0.2) is 60.7 Å². The van der Waals surface area contributed by atoms with Crippen molar-refractivity contribution >= 4 is 5.97 Å². The highest BCUT2D eigenvalue weighted by atomic mass is 16.4. The minimum atomic E-state index is -1.78. The molecule has 1 aromatic rings. The first kappa shape index (κ1) is 22.4. The van der Waals surface area contributed by atoms with Crippen molar-refractivity contribution in [3.05, 3.63) is 23.8 Å². The molecule has 0 spiro atoms. The highest BCUT2D eigenvalue weighted by molar-refractivity contribution is 5.74. The number of nitrogens with zero attached hydrogens (tertiary/aromatic N) is 2. The van der Waals surface area contributed by atoms with Crippen molar-refractivity contribution in [3.8, 4) is 0 Å². The molecule has 1 rings (SSSR count). The highest BCUT2D eigenvalue weighted by Crippen LogP contribution is 2.11. The van der Waals surface area contributed by atoms with Crippen molar-refractivity contribution < 1.29 is 25.2 Å². The monoisotopic (exact) mass is 369 g/mol. The number of unbranched alkanes of at least 4 members (excludes halogenated alkanes) is 5. The molecule has 26 heavy (non-hydrogen) atoms. The van der Waals surface area contributed by atoms with E-state index in [0.717, 1.165) is 18.4 Å². The maximum absolute atomic E-state index is 10.7. The summed E-state index contributed by atoms with van der Waals surface area (Å²) < 4.78 is 0. The van der Waals surface area contributed by atoms with Crippen molar-refractivity contribution in [2.24, 2.45) is 5.73 Å². The van der Waals surface area contributed by atoms with Gasteiger partial charge in [-0.3, -0.25) is 4.79 Å². The second-order valence-electron chi connectivity index (χ2n) is 6.64. The van der Waals surface area contributed by atoms with Crippen LogP contribution in [0.1, 0.15) is 56.8 Å². The normalized spacial score (nSPS) is 16.0. The van der Waals surface area contributed by atoms with E-state index in [1.54, 1.807) is 12.4 Å². The van der Waals surface area contributed by atoms with Crippen LogP contribution in [0.4, 0.5) is 0 Å². The zero-order chi connectivity index (χ0) is 19.5. The van der Waals surface area contributed by atoms with Crippen LogP contribution >= 0.6 is 0 Å². The van der Waals surface area contributed by atoms with Gasteiger partial charge in [-0.1, -0.05) is 39.0 Å². The lowest BCUT2D eigenvalue weighted by atomic mass is 9.99. The molecule has 148 valence electrons. The molecule has 8 heteroatoms. The Morgan fingerprint density at radius 2 is 1.62 bits per heavy atom. The molecule has 0 saturated carbocycles. The fourth-order valence-electron chi connectivity index (χ4n) is 2.62. The number of aliphatic hydroxyl groups excluding tert-OH is 3. The van der Waals surface area contributed by atoms with Crippen molar-refractivity contribution in [3.63, 3.8) is 0 Å². The molecule has 0 aromatic carbocycles. The first-order valence-electron chi connectivity index (χ1n) is 9.19. The second kappa shape index (κ2) is 11.9. The minimum Gasteiger partial charge on any atom is -0.480 e. The van der Waals surface area contributed by atoms with E-state index in [1.807, 2.05) is 0 Å². The van der Waals surface area contributed by atoms with Gasteiger partial charge in [0, 0.05) is 18.8 Å². The zero-order valence-electron chi connectivity index (χ0n) is 15.3. The van der Waals surface area contributed by atoms with E-state index in [0.29, 0.717) is 5.82 Å². The molecule has 0 bridgehead atoms. The topological polar surface area (TPSA) is 150 Å². The van der Waals surface area contributed by atoms with Crippen LogP contribution in [0.2, 0.25) is 0 Å². The molecule has 1 heterocycles. The maximum atomic E-state index is 10.7. The predicted octanol–water partition coefficient (Wildman–Crippen LogP) is 0.417. The van der Waals surface area contributed by atoms with E-state index in [4.69, 9.17) is 10.8 Å². The molecule has 0 radical (unpaired) electrons. The molecular formula is C18H31N3O5. The third-order valence-corrected chi connectivity index (χ3v) is 4.37. The summed E-state index contributed by atoms with van der Waals surface area (Å²) in [6.45, 7) is 2.19. The number of aliphatic hydroxyl groups is 3. The van der Waals surface area contributed by atoms with Crippen molar-refractivity contribution in [2.45, 2.75) is 82.6 Å². The fourth-order valence-corrected chi connectivity index (χ4v) is 2.62. The van der Waals surface area contributed by atoms with Crippen LogP contribution in [0.25, 0.3) is 0 Å². The van der Waals surface area contributed by atoms with Crippen molar-refractivity contribution in [2.75, 3.05) is 0 Å². The van der Waals surface area contributed by atoms with E-state index in [-0.39, 0.29) is 6.42 Å². The molecule has 8 nitrogen and oxygen atoms in total. The van der Waals surface area contributed by atoms with Gasteiger partial charge in [-0.05, 0) is 18.4 Å². The predicted molar refractivity (Wildman–Crippen MR) is 96.4 cm³/mol. The summed E-state index contributed by atoms with van der Waals surface area (Å²) in [6, 6.07) is -1.68. The number of rotatable bonds is 13. The zero-order valence-corrected chi connectivity index (χ0v) is 15.3. The Morgan fingerprint density at radius 3 is 2.19 bits per heavy atom. The number of hydrogen-bond acceptors (Lipinski definition) is 7. The summed E-state index contributed by atoms with van der Waals surface area (Å²) in [5.41, 5.74) is 6.25. The van der Waals surface area contributed by atoms with Crippen LogP contribution in [0.15, 0.2) is 12.4 Å². The van der Waals surface area contributed by atoms with Crippen molar-refractivity contribution in [1.29, 1.82) is 0 Å². The largest absolute Gasteiger partial charge is 0.480 e. The highest BCUT2D eigenvalue weighted by Gasteiger charge is 2.33. The summed E-state index contributed by atoms with van der Waals surface area (Å²) in [4.78, 5) is 19.0. The van der Waals surface area contributed by atoms with Gasteiger partial charge >= 0.3 is 5.97 Å². The van der Waals surface area contributed by atoms with Gasteiger partial charge in [0.2, 0.25) is 0 Å². The molecule has 0 amide bonds. The molecule has 4 atom stereocenters. The minimum absolute atomic E-state index is 0.109. The van der Waals surface area contributed by atoms with E-state index < -0.39 is 30.3 Å². The number of carboxylic acid groups (broad SMARTS) is 1. The summed E-state index contributed by atoms with van der Waals surface area (Å²) in [5.74, 6) is -1.15. The summed E-state index contributed by atoms with van der Waals surface area (Å²) in [5, 5.41) is 38.2. The summed E-state index contributed by atoms with van der Waals surface area (Å²) >= 11 is 0. The second-order valence-corrected chi connectivity index (χ2v) is 6.64. The molecule has 0 aliphatic rings. The van der Waals surface area contributed by atoms with Gasteiger partial charge in [0.25, 0.3) is 0 Å². The fraction of sp³-hybridized carbons (Fsp3) is 0.722. The first-order valence-corrected chi connectivity index (χ1v) is 9.19. The standard InChI is InChI=1S/C18H31N3O5/c1-2-3-4-5-6-7-8-12-10-20-14(21-11-12)9-13(22)16(23)17(24)15(19)18(25)26/h10-11,13,15-17,22-24H,2-9,19H2,1H3,(H,25,26). The number of carboxylic acids is 1. The Balaban J connectivity index is 2.42. The Hall–Kier alpha value is -1.61.